The molecule has 0 radical (unpaired) electrons. The lowest BCUT2D eigenvalue weighted by atomic mass is 10.1. The first kappa shape index (κ1) is 18.4. The van der Waals surface area contributed by atoms with E-state index in [4.69, 9.17) is 9.47 Å². The highest BCUT2D eigenvalue weighted by Gasteiger charge is 2.60. The van der Waals surface area contributed by atoms with Gasteiger partial charge >= 0.3 is 0 Å². The molecule has 1 aliphatic rings. The van der Waals surface area contributed by atoms with Crippen molar-refractivity contribution in [1.29, 1.82) is 0 Å². The zero-order chi connectivity index (χ0) is 17.9. The maximum absolute atomic E-state index is 12.4. The van der Waals surface area contributed by atoms with Crippen molar-refractivity contribution in [1.82, 2.24) is 5.32 Å². The van der Waals surface area contributed by atoms with Gasteiger partial charge in [-0.1, -0.05) is 31.6 Å². The van der Waals surface area contributed by atoms with E-state index in [9.17, 15) is 4.79 Å². The van der Waals surface area contributed by atoms with Crippen LogP contribution in [-0.2, 0) is 11.2 Å². The molecule has 1 fully saturated rings. The molecule has 1 aliphatic carbocycles. The standard InChI is InChI=1S/C20H29NO3/c1-13(2)11-15-18(20(15,3)4)19(22)21-10-9-14-7-8-16(23-5)17(12-14)24-6/h7-8,11-12,15,18H,9-10H2,1-6H3,(H,21,22)/t15-,18-/m0/s1. The van der Waals surface area contributed by atoms with E-state index < -0.39 is 0 Å². The van der Waals surface area contributed by atoms with E-state index in [2.05, 4.69) is 39.1 Å². The molecular formula is C20H29NO3. The molecule has 0 unspecified atom stereocenters. The smallest absolute Gasteiger partial charge is 0.224 e. The lowest BCUT2D eigenvalue weighted by Gasteiger charge is -2.10. The first-order valence-electron chi connectivity index (χ1n) is 8.45. The highest BCUT2D eigenvalue weighted by Crippen LogP contribution is 2.59. The Balaban J connectivity index is 1.89. The summed E-state index contributed by atoms with van der Waals surface area (Å²) in [5.41, 5.74) is 2.45. The Hall–Kier alpha value is -1.97. The Labute approximate surface area is 145 Å². The summed E-state index contributed by atoms with van der Waals surface area (Å²) in [6, 6.07) is 5.85. The summed E-state index contributed by atoms with van der Waals surface area (Å²) in [4.78, 5) is 12.4. The van der Waals surface area contributed by atoms with E-state index >= 15 is 0 Å². The Kier molecular flexibility index (Phi) is 5.58. The largest absolute Gasteiger partial charge is 0.493 e. The number of hydrogen-bond acceptors (Lipinski definition) is 3. The summed E-state index contributed by atoms with van der Waals surface area (Å²) < 4.78 is 10.6. The number of rotatable bonds is 7. The van der Waals surface area contributed by atoms with Crippen LogP contribution < -0.4 is 14.8 Å². The van der Waals surface area contributed by atoms with Crippen molar-refractivity contribution in [3.05, 3.63) is 35.4 Å². The SMILES string of the molecule is COc1ccc(CCNC(=O)[C@@H]2[C@H](C=C(C)C)C2(C)C)cc1OC. The van der Waals surface area contributed by atoms with Crippen molar-refractivity contribution in [2.24, 2.45) is 17.3 Å². The molecule has 0 aromatic heterocycles. The minimum absolute atomic E-state index is 0.0602. The molecule has 132 valence electrons. The van der Waals surface area contributed by atoms with Gasteiger partial charge in [-0.25, -0.2) is 0 Å². The molecule has 1 amide bonds. The predicted octanol–water partition coefficient (Wildman–Crippen LogP) is 3.60. The van der Waals surface area contributed by atoms with E-state index in [0.717, 1.165) is 17.7 Å². The maximum Gasteiger partial charge on any atom is 0.224 e. The van der Waals surface area contributed by atoms with Crippen molar-refractivity contribution >= 4 is 5.91 Å². The zero-order valence-electron chi connectivity index (χ0n) is 15.6. The molecule has 0 saturated heterocycles. The van der Waals surface area contributed by atoms with Crippen LogP contribution in [0.25, 0.3) is 0 Å². The minimum atomic E-state index is 0.0602. The fourth-order valence-corrected chi connectivity index (χ4v) is 3.32. The Morgan fingerprint density at radius 1 is 1.21 bits per heavy atom. The third-order valence-corrected chi connectivity index (χ3v) is 4.87. The van der Waals surface area contributed by atoms with Gasteiger partial charge in [0.1, 0.15) is 0 Å². The van der Waals surface area contributed by atoms with E-state index in [1.165, 1.54) is 5.57 Å². The van der Waals surface area contributed by atoms with Crippen LogP contribution in [-0.4, -0.2) is 26.7 Å². The fraction of sp³-hybridized carbons (Fsp3) is 0.550. The van der Waals surface area contributed by atoms with Gasteiger partial charge in [0.05, 0.1) is 20.1 Å². The second kappa shape index (κ2) is 7.29. The van der Waals surface area contributed by atoms with Gasteiger partial charge in [0.15, 0.2) is 11.5 Å². The van der Waals surface area contributed by atoms with E-state index in [0.29, 0.717) is 18.2 Å². The molecule has 0 spiro atoms. The molecular weight excluding hydrogens is 302 g/mol. The Morgan fingerprint density at radius 2 is 1.88 bits per heavy atom. The molecule has 24 heavy (non-hydrogen) atoms. The number of carbonyl (C=O) groups is 1. The lowest BCUT2D eigenvalue weighted by molar-refractivity contribution is -0.123. The zero-order valence-corrected chi connectivity index (χ0v) is 15.6. The van der Waals surface area contributed by atoms with Crippen LogP contribution in [0.4, 0.5) is 0 Å². The van der Waals surface area contributed by atoms with Gasteiger partial charge in [-0.3, -0.25) is 4.79 Å². The van der Waals surface area contributed by atoms with Crippen molar-refractivity contribution in [2.75, 3.05) is 20.8 Å². The van der Waals surface area contributed by atoms with Crippen LogP contribution in [0, 0.1) is 17.3 Å². The van der Waals surface area contributed by atoms with E-state index in [-0.39, 0.29) is 17.2 Å². The predicted molar refractivity (Wildman–Crippen MR) is 96.5 cm³/mol. The summed E-state index contributed by atoms with van der Waals surface area (Å²) in [5.74, 6) is 2.02. The van der Waals surface area contributed by atoms with Gasteiger partial charge in [-0.15, -0.1) is 0 Å². The lowest BCUT2D eigenvalue weighted by Crippen LogP contribution is -2.28. The average Bonchev–Trinajstić information content (AvgIpc) is 3.06. The van der Waals surface area contributed by atoms with Crippen molar-refractivity contribution < 1.29 is 14.3 Å². The maximum atomic E-state index is 12.4. The quantitative estimate of drug-likeness (QED) is 0.777. The molecule has 1 N–H and O–H groups in total. The van der Waals surface area contributed by atoms with Crippen LogP contribution in [0.3, 0.4) is 0 Å². The number of hydrogen-bond donors (Lipinski definition) is 1. The number of amides is 1. The Bertz CT molecular complexity index is 630. The van der Waals surface area contributed by atoms with Gasteiger partial charge in [0, 0.05) is 6.54 Å². The highest BCUT2D eigenvalue weighted by atomic mass is 16.5. The molecule has 2 rings (SSSR count). The van der Waals surface area contributed by atoms with Gasteiger partial charge < -0.3 is 14.8 Å². The average molecular weight is 331 g/mol. The molecule has 1 aromatic carbocycles. The number of ether oxygens (including phenoxy) is 2. The van der Waals surface area contributed by atoms with Gasteiger partial charge in [0.25, 0.3) is 0 Å². The third kappa shape index (κ3) is 3.92. The summed E-state index contributed by atoms with van der Waals surface area (Å²) in [5, 5.41) is 3.08. The number of benzene rings is 1. The van der Waals surface area contributed by atoms with Crippen molar-refractivity contribution in [3.63, 3.8) is 0 Å². The highest BCUT2D eigenvalue weighted by molar-refractivity contribution is 5.83. The first-order chi connectivity index (χ1) is 11.3. The Morgan fingerprint density at radius 3 is 2.46 bits per heavy atom. The fourth-order valence-electron chi connectivity index (χ4n) is 3.32. The minimum Gasteiger partial charge on any atom is -0.493 e. The molecule has 0 heterocycles. The monoisotopic (exact) mass is 331 g/mol. The van der Waals surface area contributed by atoms with Crippen LogP contribution in [0.1, 0.15) is 33.3 Å². The van der Waals surface area contributed by atoms with E-state index in [1.54, 1.807) is 14.2 Å². The van der Waals surface area contributed by atoms with Gasteiger partial charge in [0.2, 0.25) is 5.91 Å². The van der Waals surface area contributed by atoms with Crippen LogP contribution in [0.2, 0.25) is 0 Å². The molecule has 4 nitrogen and oxygen atoms in total. The molecule has 2 atom stereocenters. The molecule has 1 aromatic rings. The summed E-state index contributed by atoms with van der Waals surface area (Å²) >= 11 is 0. The second-order valence-corrected chi connectivity index (χ2v) is 7.30. The van der Waals surface area contributed by atoms with Crippen molar-refractivity contribution in [2.45, 2.75) is 34.1 Å². The van der Waals surface area contributed by atoms with Gasteiger partial charge in [-0.2, -0.15) is 0 Å². The third-order valence-electron chi connectivity index (χ3n) is 4.87. The number of carbonyl (C=O) groups excluding carboxylic acids is 1. The summed E-state index contributed by atoms with van der Waals surface area (Å²) in [6.45, 7) is 9.12. The number of allylic oxidation sites excluding steroid dienone is 2. The number of methoxy groups -OCH3 is 2. The van der Waals surface area contributed by atoms with Crippen LogP contribution in [0.15, 0.2) is 29.8 Å². The van der Waals surface area contributed by atoms with Crippen LogP contribution >= 0.6 is 0 Å². The first-order valence-corrected chi connectivity index (χ1v) is 8.45. The topological polar surface area (TPSA) is 47.6 Å². The molecule has 0 bridgehead atoms. The summed E-state index contributed by atoms with van der Waals surface area (Å²) in [6.07, 6.45) is 2.99. The molecule has 4 heteroatoms. The van der Waals surface area contributed by atoms with Crippen LogP contribution in [0.5, 0.6) is 11.5 Å². The summed E-state index contributed by atoms with van der Waals surface area (Å²) in [7, 11) is 3.25. The van der Waals surface area contributed by atoms with Crippen molar-refractivity contribution in [3.8, 4) is 11.5 Å². The van der Waals surface area contributed by atoms with Gasteiger partial charge in [-0.05, 0) is 49.3 Å². The molecule has 1 saturated carbocycles. The van der Waals surface area contributed by atoms with E-state index in [1.807, 2.05) is 18.2 Å². The number of nitrogens with one attached hydrogen (secondary N) is 1. The normalized spacial score (nSPS) is 20.9. The molecule has 0 aliphatic heterocycles. The second-order valence-electron chi connectivity index (χ2n) is 7.30.